The molecule has 1 unspecified atom stereocenters. The number of carboxylic acids is 1. The van der Waals surface area contributed by atoms with Crippen molar-refractivity contribution in [2.24, 2.45) is 0 Å². The molecule has 0 aliphatic rings. The molecule has 0 saturated carbocycles. The van der Waals surface area contributed by atoms with Crippen LogP contribution in [0.2, 0.25) is 0 Å². The van der Waals surface area contributed by atoms with Crippen LogP contribution < -0.4 is 5.32 Å². The second-order valence-corrected chi connectivity index (χ2v) is 3.85. The molecule has 0 aromatic rings. The topological polar surface area (TPSA) is 49.3 Å². The van der Waals surface area contributed by atoms with E-state index in [1.54, 1.807) is 0 Å². The van der Waals surface area contributed by atoms with Crippen molar-refractivity contribution in [3.05, 3.63) is 11.1 Å². The van der Waals surface area contributed by atoms with Gasteiger partial charge in [-0.2, -0.15) is 0 Å². The van der Waals surface area contributed by atoms with Crippen LogP contribution in [0.15, 0.2) is 11.1 Å². The van der Waals surface area contributed by atoms with Crippen LogP contribution in [0.5, 0.6) is 0 Å². The Hall–Kier alpha value is -0.350. The van der Waals surface area contributed by atoms with Crippen molar-refractivity contribution >= 4 is 21.9 Å². The minimum Gasteiger partial charge on any atom is -0.481 e. The molecule has 0 fully saturated rings. The van der Waals surface area contributed by atoms with Gasteiger partial charge in [-0.25, -0.2) is 0 Å². The zero-order chi connectivity index (χ0) is 9.56. The average Bonchev–Trinajstić information content (AvgIpc) is 1.96. The smallest absolute Gasteiger partial charge is 0.303 e. The van der Waals surface area contributed by atoms with Gasteiger partial charge in [0.1, 0.15) is 0 Å². The monoisotopic (exact) mass is 235 g/mol. The molecule has 2 N–H and O–H groups in total. The number of carbonyl (C=O) groups is 1. The van der Waals surface area contributed by atoms with Crippen molar-refractivity contribution in [2.45, 2.75) is 25.8 Å². The molecule has 0 bridgehead atoms. The van der Waals surface area contributed by atoms with E-state index in [0.29, 0.717) is 13.0 Å². The van der Waals surface area contributed by atoms with Crippen molar-refractivity contribution in [3.8, 4) is 0 Å². The molecular weight excluding hydrogens is 222 g/mol. The molecular formula is C8H14BrNO2. The largest absolute Gasteiger partial charge is 0.481 e. The first kappa shape index (κ1) is 11.6. The fourth-order valence-corrected chi connectivity index (χ4v) is 0.889. The molecule has 0 amide bonds. The zero-order valence-corrected chi connectivity index (χ0v) is 8.73. The van der Waals surface area contributed by atoms with Crippen LogP contribution in [0.4, 0.5) is 0 Å². The molecule has 4 heteroatoms. The van der Waals surface area contributed by atoms with E-state index in [1.807, 2.05) is 6.92 Å². The van der Waals surface area contributed by atoms with Crippen LogP contribution in [0.1, 0.15) is 19.8 Å². The van der Waals surface area contributed by atoms with Gasteiger partial charge in [-0.3, -0.25) is 4.79 Å². The lowest BCUT2D eigenvalue weighted by Gasteiger charge is -2.11. The Morgan fingerprint density at radius 1 is 1.75 bits per heavy atom. The predicted octanol–water partition coefficient (Wildman–Crippen LogP) is 1.74. The quantitative estimate of drug-likeness (QED) is 0.738. The molecule has 0 heterocycles. The summed E-state index contributed by atoms with van der Waals surface area (Å²) in [6.07, 6.45) is 0.860. The summed E-state index contributed by atoms with van der Waals surface area (Å²) in [5.74, 6) is -0.749. The first-order chi connectivity index (χ1) is 5.52. The van der Waals surface area contributed by atoms with Gasteiger partial charge in [-0.05, 0) is 13.3 Å². The molecule has 1 atom stereocenters. The number of aliphatic carboxylic acids is 1. The number of hydrogen-bond donors (Lipinski definition) is 2. The third kappa shape index (κ3) is 7.75. The minimum absolute atomic E-state index is 0.211. The molecule has 0 aromatic heterocycles. The first-order valence-corrected chi connectivity index (χ1v) is 4.60. The second-order valence-electron chi connectivity index (χ2n) is 2.73. The van der Waals surface area contributed by atoms with E-state index < -0.39 is 5.97 Å². The third-order valence-electron chi connectivity index (χ3n) is 1.43. The van der Waals surface area contributed by atoms with E-state index in [2.05, 4.69) is 27.8 Å². The summed E-state index contributed by atoms with van der Waals surface area (Å²) in [6.45, 7) is 6.30. The van der Waals surface area contributed by atoms with Gasteiger partial charge in [0.15, 0.2) is 0 Å². The van der Waals surface area contributed by atoms with Gasteiger partial charge < -0.3 is 10.4 Å². The van der Waals surface area contributed by atoms with Crippen LogP contribution in [-0.2, 0) is 4.79 Å². The van der Waals surface area contributed by atoms with Crippen LogP contribution in [0.25, 0.3) is 0 Å². The van der Waals surface area contributed by atoms with E-state index in [-0.39, 0.29) is 12.5 Å². The van der Waals surface area contributed by atoms with Gasteiger partial charge >= 0.3 is 5.97 Å². The van der Waals surface area contributed by atoms with Crippen molar-refractivity contribution in [1.82, 2.24) is 5.32 Å². The van der Waals surface area contributed by atoms with E-state index in [1.165, 1.54) is 0 Å². The van der Waals surface area contributed by atoms with E-state index in [4.69, 9.17) is 5.11 Å². The molecule has 12 heavy (non-hydrogen) atoms. The molecule has 0 aliphatic carbocycles. The summed E-state index contributed by atoms with van der Waals surface area (Å²) in [5.41, 5.74) is 0. The highest BCUT2D eigenvalue weighted by Crippen LogP contribution is 2.00. The van der Waals surface area contributed by atoms with Gasteiger partial charge in [-0.1, -0.05) is 22.5 Å². The lowest BCUT2D eigenvalue weighted by molar-refractivity contribution is -0.137. The number of halogens is 1. The van der Waals surface area contributed by atoms with E-state index >= 15 is 0 Å². The van der Waals surface area contributed by atoms with Gasteiger partial charge in [-0.15, -0.1) is 0 Å². The Labute approximate surface area is 81.0 Å². The summed E-state index contributed by atoms with van der Waals surface area (Å²) in [5, 5.41) is 11.5. The van der Waals surface area contributed by atoms with E-state index in [0.717, 1.165) is 4.48 Å². The Bertz CT molecular complexity index is 152. The molecule has 0 radical (unpaired) electrons. The highest BCUT2D eigenvalue weighted by Gasteiger charge is 2.03. The van der Waals surface area contributed by atoms with Crippen molar-refractivity contribution in [1.29, 1.82) is 0 Å². The standard InChI is InChI=1S/C8H14BrNO2/c1-6(9)5-10-7(2)3-4-8(11)12/h7,10H,1,3-5H2,2H3,(H,11,12). The van der Waals surface area contributed by atoms with E-state index in [9.17, 15) is 4.79 Å². The van der Waals surface area contributed by atoms with Crippen molar-refractivity contribution in [2.75, 3.05) is 6.54 Å². The number of nitrogens with one attached hydrogen (secondary N) is 1. The maximum atomic E-state index is 10.2. The van der Waals surface area contributed by atoms with Gasteiger partial charge in [0, 0.05) is 23.5 Å². The van der Waals surface area contributed by atoms with Gasteiger partial charge in [0.05, 0.1) is 0 Å². The normalized spacial score (nSPS) is 12.5. The number of hydrogen-bond acceptors (Lipinski definition) is 2. The molecule has 0 aromatic carbocycles. The summed E-state index contributed by atoms with van der Waals surface area (Å²) in [4.78, 5) is 10.2. The van der Waals surface area contributed by atoms with Crippen molar-refractivity contribution < 1.29 is 9.90 Å². The number of rotatable bonds is 6. The van der Waals surface area contributed by atoms with Gasteiger partial charge in [0.25, 0.3) is 0 Å². The Kier molecular flexibility index (Phi) is 6.02. The fraction of sp³-hybridized carbons (Fsp3) is 0.625. The Morgan fingerprint density at radius 3 is 2.75 bits per heavy atom. The maximum Gasteiger partial charge on any atom is 0.303 e. The van der Waals surface area contributed by atoms with Crippen LogP contribution >= 0.6 is 15.9 Å². The second kappa shape index (κ2) is 6.20. The number of carboxylic acid groups (broad SMARTS) is 1. The molecule has 70 valence electrons. The molecule has 3 nitrogen and oxygen atoms in total. The Balaban J connectivity index is 3.39. The zero-order valence-electron chi connectivity index (χ0n) is 7.14. The summed E-state index contributed by atoms with van der Waals surface area (Å²) < 4.78 is 0.879. The highest BCUT2D eigenvalue weighted by molar-refractivity contribution is 9.11. The summed E-state index contributed by atoms with van der Waals surface area (Å²) >= 11 is 3.21. The summed E-state index contributed by atoms with van der Waals surface area (Å²) in [6, 6.07) is 0.218. The lowest BCUT2D eigenvalue weighted by Crippen LogP contribution is -2.27. The lowest BCUT2D eigenvalue weighted by atomic mass is 10.2. The van der Waals surface area contributed by atoms with Crippen LogP contribution in [-0.4, -0.2) is 23.7 Å². The fourth-order valence-electron chi connectivity index (χ4n) is 0.727. The average molecular weight is 236 g/mol. The minimum atomic E-state index is -0.749. The van der Waals surface area contributed by atoms with Crippen molar-refractivity contribution in [3.63, 3.8) is 0 Å². The molecule has 0 spiro atoms. The predicted molar refractivity (Wildman–Crippen MR) is 52.4 cm³/mol. The molecule has 0 saturated heterocycles. The van der Waals surface area contributed by atoms with Gasteiger partial charge in [0.2, 0.25) is 0 Å². The van der Waals surface area contributed by atoms with Crippen LogP contribution in [0.3, 0.4) is 0 Å². The highest BCUT2D eigenvalue weighted by atomic mass is 79.9. The van der Waals surface area contributed by atoms with Crippen LogP contribution in [0, 0.1) is 0 Å². The summed E-state index contributed by atoms with van der Waals surface area (Å²) in [7, 11) is 0. The molecule has 0 rings (SSSR count). The SMILES string of the molecule is C=C(Br)CNC(C)CCC(=O)O. The first-order valence-electron chi connectivity index (χ1n) is 3.81. The Morgan fingerprint density at radius 2 is 2.33 bits per heavy atom. The maximum absolute atomic E-state index is 10.2. The molecule has 0 aliphatic heterocycles. The third-order valence-corrected chi connectivity index (χ3v) is 1.71.